The lowest BCUT2D eigenvalue weighted by atomic mass is 10.1. The Morgan fingerprint density at radius 1 is 0.571 bits per heavy atom. The van der Waals surface area contributed by atoms with E-state index in [0.717, 1.165) is 0 Å². The van der Waals surface area contributed by atoms with Gasteiger partial charge in [0.25, 0.3) is 0 Å². The quantitative estimate of drug-likeness (QED) is 0.201. The molecule has 0 atom stereocenters. The molecule has 10 nitrogen and oxygen atoms in total. The summed E-state index contributed by atoms with van der Waals surface area (Å²) in [7, 11) is 3.04. The monoisotopic (exact) mass is 570 g/mol. The van der Waals surface area contributed by atoms with Crippen LogP contribution in [0.5, 0.6) is 11.8 Å². The summed E-state index contributed by atoms with van der Waals surface area (Å²) in [6.45, 7) is 8.34. The number of hydrogen-bond donors (Lipinski definition) is 0. The third kappa shape index (κ3) is 7.66. The van der Waals surface area contributed by atoms with E-state index in [9.17, 15) is 9.59 Å². The van der Waals surface area contributed by atoms with Gasteiger partial charge < -0.3 is 18.9 Å². The molecule has 4 rings (SSSR count). The Bertz CT molecular complexity index is 1450. The van der Waals surface area contributed by atoms with Gasteiger partial charge in [-0.2, -0.15) is 0 Å². The van der Waals surface area contributed by atoms with E-state index in [-0.39, 0.29) is 36.2 Å². The van der Waals surface area contributed by atoms with Crippen LogP contribution in [0.1, 0.15) is 48.4 Å². The summed E-state index contributed by atoms with van der Waals surface area (Å²) in [5.74, 6) is 0.0641. The van der Waals surface area contributed by atoms with Crippen molar-refractivity contribution in [3.05, 3.63) is 71.8 Å². The van der Waals surface area contributed by atoms with E-state index in [1.165, 1.54) is 14.2 Å². The van der Waals surface area contributed by atoms with Crippen LogP contribution in [-0.2, 0) is 9.47 Å². The molecule has 0 bridgehead atoms. The number of pyridine rings is 4. The van der Waals surface area contributed by atoms with E-state index in [4.69, 9.17) is 28.9 Å². The molecule has 0 aliphatic heterocycles. The second kappa shape index (κ2) is 13.7. The number of carbonyl (C=O) groups excluding carboxylic acids is 2. The normalized spacial score (nSPS) is 11.0. The molecule has 0 unspecified atom stereocenters. The smallest absolute Gasteiger partial charge is 0.338 e. The second-order valence-electron chi connectivity index (χ2n) is 10.4. The van der Waals surface area contributed by atoms with Gasteiger partial charge in [-0.25, -0.2) is 29.5 Å². The summed E-state index contributed by atoms with van der Waals surface area (Å²) < 4.78 is 21.6. The highest BCUT2D eigenvalue weighted by atomic mass is 16.5. The number of rotatable bonds is 11. The minimum absolute atomic E-state index is 0.155. The van der Waals surface area contributed by atoms with Crippen LogP contribution in [0.4, 0.5) is 0 Å². The highest BCUT2D eigenvalue weighted by Gasteiger charge is 2.19. The van der Waals surface area contributed by atoms with Gasteiger partial charge in [-0.1, -0.05) is 39.8 Å². The number of carbonyl (C=O) groups is 2. The fourth-order valence-corrected chi connectivity index (χ4v) is 3.82. The largest absolute Gasteiger partial charge is 0.481 e. The molecule has 0 aromatic carbocycles. The van der Waals surface area contributed by atoms with Gasteiger partial charge in [0, 0.05) is 12.1 Å². The third-order valence-electron chi connectivity index (χ3n) is 5.87. The first-order valence-corrected chi connectivity index (χ1v) is 13.6. The van der Waals surface area contributed by atoms with Crippen molar-refractivity contribution in [1.82, 2.24) is 19.9 Å². The van der Waals surface area contributed by atoms with Gasteiger partial charge in [-0.15, -0.1) is 0 Å². The van der Waals surface area contributed by atoms with Gasteiger partial charge in [0.2, 0.25) is 11.8 Å². The molecule has 0 aliphatic rings. The molecule has 0 saturated heterocycles. The summed E-state index contributed by atoms with van der Waals surface area (Å²) in [6, 6.07) is 16.9. The van der Waals surface area contributed by atoms with E-state index in [1.807, 2.05) is 27.7 Å². The van der Waals surface area contributed by atoms with Crippen LogP contribution >= 0.6 is 0 Å². The van der Waals surface area contributed by atoms with Gasteiger partial charge in [0.05, 0.1) is 72.7 Å². The number of hydrogen-bond acceptors (Lipinski definition) is 10. The predicted molar refractivity (Wildman–Crippen MR) is 157 cm³/mol. The fourth-order valence-electron chi connectivity index (χ4n) is 3.82. The van der Waals surface area contributed by atoms with Crippen LogP contribution in [0.15, 0.2) is 60.7 Å². The van der Waals surface area contributed by atoms with Gasteiger partial charge in [-0.05, 0) is 48.2 Å². The SMILES string of the molecule is COc1cccc(-c2cc(C(=O)OCC(C)C)cc(-c3cc(C(=O)OCC(C)C)cc(-c4cccc(OC)n4)n3)n2)n1. The lowest BCUT2D eigenvalue weighted by molar-refractivity contribution is 0.0450. The Morgan fingerprint density at radius 2 is 0.929 bits per heavy atom. The van der Waals surface area contributed by atoms with Crippen molar-refractivity contribution in [2.45, 2.75) is 27.7 Å². The molecular weight excluding hydrogens is 536 g/mol. The first-order valence-electron chi connectivity index (χ1n) is 13.6. The van der Waals surface area contributed by atoms with Crippen LogP contribution in [0.3, 0.4) is 0 Å². The Morgan fingerprint density at radius 3 is 1.26 bits per heavy atom. The average Bonchev–Trinajstić information content (AvgIpc) is 3.01. The molecule has 0 saturated carbocycles. The van der Waals surface area contributed by atoms with Crippen molar-refractivity contribution in [2.24, 2.45) is 11.8 Å². The van der Waals surface area contributed by atoms with Crippen molar-refractivity contribution < 1.29 is 28.5 Å². The average molecular weight is 571 g/mol. The molecule has 42 heavy (non-hydrogen) atoms. The first kappa shape index (κ1) is 30.1. The Balaban J connectivity index is 1.90. The zero-order valence-corrected chi connectivity index (χ0v) is 24.6. The van der Waals surface area contributed by atoms with Crippen LogP contribution in [0.2, 0.25) is 0 Å². The van der Waals surface area contributed by atoms with Crippen LogP contribution < -0.4 is 9.47 Å². The van der Waals surface area contributed by atoms with Crippen LogP contribution in [0.25, 0.3) is 34.2 Å². The first-order chi connectivity index (χ1) is 20.2. The van der Waals surface area contributed by atoms with Crippen LogP contribution in [-0.4, -0.2) is 59.3 Å². The molecular formula is C32H34N4O6. The molecule has 0 N–H and O–H groups in total. The van der Waals surface area contributed by atoms with Crippen molar-refractivity contribution >= 4 is 11.9 Å². The zero-order valence-electron chi connectivity index (χ0n) is 24.6. The molecule has 10 heteroatoms. The molecule has 0 spiro atoms. The van der Waals surface area contributed by atoms with Crippen molar-refractivity contribution in [3.8, 4) is 45.9 Å². The fraction of sp³-hybridized carbons (Fsp3) is 0.312. The maximum Gasteiger partial charge on any atom is 0.338 e. The van der Waals surface area contributed by atoms with Gasteiger partial charge in [-0.3, -0.25) is 0 Å². The summed E-state index contributed by atoms with van der Waals surface area (Å²) in [5, 5.41) is 0. The van der Waals surface area contributed by atoms with E-state index in [0.29, 0.717) is 45.9 Å². The summed E-state index contributed by atoms with van der Waals surface area (Å²) >= 11 is 0. The number of nitrogens with zero attached hydrogens (tertiary/aromatic N) is 4. The summed E-state index contributed by atoms with van der Waals surface area (Å²) in [6.07, 6.45) is 0. The van der Waals surface area contributed by atoms with E-state index in [2.05, 4.69) is 9.97 Å². The lowest BCUT2D eigenvalue weighted by Crippen LogP contribution is -2.12. The predicted octanol–water partition coefficient (Wildman–Crippen LogP) is 5.91. The Kier molecular flexibility index (Phi) is 9.80. The Hall–Kier alpha value is -4.86. The van der Waals surface area contributed by atoms with Gasteiger partial charge in [0.15, 0.2) is 0 Å². The molecule has 0 fully saturated rings. The highest BCUT2D eigenvalue weighted by Crippen LogP contribution is 2.28. The highest BCUT2D eigenvalue weighted by molar-refractivity contribution is 5.94. The van der Waals surface area contributed by atoms with E-state index < -0.39 is 11.9 Å². The topological polar surface area (TPSA) is 123 Å². The van der Waals surface area contributed by atoms with E-state index >= 15 is 0 Å². The number of aromatic nitrogens is 4. The molecule has 4 aromatic heterocycles. The molecule has 4 heterocycles. The van der Waals surface area contributed by atoms with Gasteiger partial charge >= 0.3 is 11.9 Å². The zero-order chi connectivity index (χ0) is 30.2. The third-order valence-corrected chi connectivity index (χ3v) is 5.87. The molecule has 0 amide bonds. The maximum atomic E-state index is 13.1. The van der Waals surface area contributed by atoms with E-state index in [1.54, 1.807) is 60.7 Å². The van der Waals surface area contributed by atoms with Crippen molar-refractivity contribution in [2.75, 3.05) is 27.4 Å². The number of ether oxygens (including phenoxy) is 4. The minimum Gasteiger partial charge on any atom is -0.481 e. The standard InChI is InChI=1S/C32H34N4O6/c1-19(2)17-41-31(37)21-13-25(23-9-7-11-29(35-23)39-5)33-27(15-21)28-16-22(32(38)42-18-20(3)4)14-26(34-28)24-10-8-12-30(36-24)40-6/h7-16,19-20H,17-18H2,1-6H3. The summed E-state index contributed by atoms with van der Waals surface area (Å²) in [5.41, 5.74) is 2.95. The second-order valence-corrected chi connectivity index (χ2v) is 10.4. The molecule has 4 aromatic rings. The van der Waals surface area contributed by atoms with Crippen LogP contribution in [0, 0.1) is 11.8 Å². The Labute approximate surface area is 245 Å². The molecule has 0 radical (unpaired) electrons. The number of esters is 2. The van der Waals surface area contributed by atoms with Crippen molar-refractivity contribution in [1.29, 1.82) is 0 Å². The molecule has 0 aliphatic carbocycles. The van der Waals surface area contributed by atoms with Gasteiger partial charge in [0.1, 0.15) is 0 Å². The van der Waals surface area contributed by atoms with Crippen molar-refractivity contribution in [3.63, 3.8) is 0 Å². The number of methoxy groups -OCH3 is 2. The lowest BCUT2D eigenvalue weighted by Gasteiger charge is -2.13. The molecule has 218 valence electrons. The maximum absolute atomic E-state index is 13.1. The minimum atomic E-state index is -0.515. The summed E-state index contributed by atoms with van der Waals surface area (Å²) in [4.78, 5) is 44.8.